The van der Waals surface area contributed by atoms with Crippen LogP contribution in [0.2, 0.25) is 0 Å². The average Bonchev–Trinajstić information content (AvgIpc) is 2.39. The summed E-state index contributed by atoms with van der Waals surface area (Å²) in [4.78, 5) is 14.7. The SMILES string of the molecule is [CH2]C(c1cccnc1)c1cccc(C=O)c1. The summed E-state index contributed by atoms with van der Waals surface area (Å²) >= 11 is 0. The van der Waals surface area contributed by atoms with Crippen molar-refractivity contribution in [2.75, 3.05) is 0 Å². The maximum Gasteiger partial charge on any atom is 0.150 e. The van der Waals surface area contributed by atoms with Gasteiger partial charge in [-0.2, -0.15) is 0 Å². The lowest BCUT2D eigenvalue weighted by Crippen LogP contribution is -1.97. The van der Waals surface area contributed by atoms with E-state index in [9.17, 15) is 4.79 Å². The van der Waals surface area contributed by atoms with Gasteiger partial charge in [-0.15, -0.1) is 0 Å². The molecule has 1 aromatic heterocycles. The van der Waals surface area contributed by atoms with Crippen LogP contribution in [0.4, 0.5) is 0 Å². The first-order valence-corrected chi connectivity index (χ1v) is 5.09. The molecule has 0 fully saturated rings. The fourth-order valence-corrected chi connectivity index (χ4v) is 1.62. The summed E-state index contributed by atoms with van der Waals surface area (Å²) in [6.07, 6.45) is 4.38. The molecular formula is C14H12NO. The molecule has 1 aromatic carbocycles. The van der Waals surface area contributed by atoms with Gasteiger partial charge in [0.2, 0.25) is 0 Å². The molecule has 0 aliphatic carbocycles. The Labute approximate surface area is 95.0 Å². The molecule has 0 aliphatic heterocycles. The molecule has 0 saturated heterocycles. The van der Waals surface area contributed by atoms with E-state index in [-0.39, 0.29) is 5.92 Å². The summed E-state index contributed by atoms with van der Waals surface area (Å²) < 4.78 is 0. The highest BCUT2D eigenvalue weighted by Gasteiger charge is 2.08. The number of rotatable bonds is 3. The van der Waals surface area contributed by atoms with E-state index in [4.69, 9.17) is 0 Å². The third-order valence-electron chi connectivity index (χ3n) is 2.54. The topological polar surface area (TPSA) is 30.0 Å². The van der Waals surface area contributed by atoms with Crippen LogP contribution in [0.1, 0.15) is 27.4 Å². The van der Waals surface area contributed by atoms with E-state index in [1.807, 2.05) is 30.3 Å². The summed E-state index contributed by atoms with van der Waals surface area (Å²) in [6, 6.07) is 11.4. The van der Waals surface area contributed by atoms with Crippen molar-refractivity contribution in [3.63, 3.8) is 0 Å². The number of pyridine rings is 1. The van der Waals surface area contributed by atoms with E-state index >= 15 is 0 Å². The van der Waals surface area contributed by atoms with E-state index in [1.54, 1.807) is 18.5 Å². The number of carbonyl (C=O) groups is 1. The van der Waals surface area contributed by atoms with Gasteiger partial charge in [0.05, 0.1) is 0 Å². The van der Waals surface area contributed by atoms with Crippen LogP contribution in [-0.2, 0) is 0 Å². The summed E-state index contributed by atoms with van der Waals surface area (Å²) in [7, 11) is 0. The molecule has 0 saturated carbocycles. The molecule has 2 nitrogen and oxygen atoms in total. The largest absolute Gasteiger partial charge is 0.298 e. The summed E-state index contributed by atoms with van der Waals surface area (Å²) in [5, 5.41) is 0. The van der Waals surface area contributed by atoms with Gasteiger partial charge < -0.3 is 0 Å². The number of hydrogen-bond acceptors (Lipinski definition) is 2. The van der Waals surface area contributed by atoms with Gasteiger partial charge in [0, 0.05) is 23.9 Å². The first-order valence-electron chi connectivity index (χ1n) is 5.09. The Balaban J connectivity index is 2.34. The maximum absolute atomic E-state index is 10.7. The molecule has 0 spiro atoms. The second kappa shape index (κ2) is 4.71. The zero-order valence-corrected chi connectivity index (χ0v) is 8.84. The van der Waals surface area contributed by atoms with Crippen molar-refractivity contribution in [2.45, 2.75) is 5.92 Å². The van der Waals surface area contributed by atoms with Gasteiger partial charge in [0.1, 0.15) is 6.29 Å². The normalized spacial score (nSPS) is 12.1. The Hall–Kier alpha value is -1.96. The molecule has 1 heterocycles. The highest BCUT2D eigenvalue weighted by molar-refractivity contribution is 5.75. The minimum Gasteiger partial charge on any atom is -0.298 e. The minimum absolute atomic E-state index is 0.00796. The smallest absolute Gasteiger partial charge is 0.150 e. The molecule has 2 aromatic rings. The third kappa shape index (κ3) is 2.16. The number of nitrogens with zero attached hydrogens (tertiary/aromatic N) is 1. The van der Waals surface area contributed by atoms with Gasteiger partial charge in [0.15, 0.2) is 0 Å². The standard InChI is InChI=1S/C14H12NO/c1-11(14-6-3-7-15-9-14)13-5-2-4-12(8-13)10-16/h2-11H,1H2. The quantitative estimate of drug-likeness (QED) is 0.729. The fourth-order valence-electron chi connectivity index (χ4n) is 1.62. The third-order valence-corrected chi connectivity index (χ3v) is 2.54. The van der Waals surface area contributed by atoms with Crippen LogP contribution in [-0.4, -0.2) is 11.3 Å². The van der Waals surface area contributed by atoms with Crippen molar-refractivity contribution in [2.24, 2.45) is 0 Å². The monoisotopic (exact) mass is 210 g/mol. The van der Waals surface area contributed by atoms with Crippen LogP contribution < -0.4 is 0 Å². The Morgan fingerprint density at radius 3 is 2.69 bits per heavy atom. The van der Waals surface area contributed by atoms with Crippen molar-refractivity contribution in [3.8, 4) is 0 Å². The number of benzene rings is 1. The Morgan fingerprint density at radius 2 is 2.00 bits per heavy atom. The number of aldehydes is 1. The molecule has 16 heavy (non-hydrogen) atoms. The van der Waals surface area contributed by atoms with Gasteiger partial charge in [-0.05, 0) is 30.2 Å². The van der Waals surface area contributed by atoms with Gasteiger partial charge in [0.25, 0.3) is 0 Å². The van der Waals surface area contributed by atoms with Crippen LogP contribution in [0.3, 0.4) is 0 Å². The van der Waals surface area contributed by atoms with Crippen molar-refractivity contribution in [3.05, 3.63) is 72.4 Å². The predicted octanol–water partition coefficient (Wildman–Crippen LogP) is 2.86. The van der Waals surface area contributed by atoms with Crippen LogP contribution in [0.25, 0.3) is 0 Å². The number of hydrogen-bond donors (Lipinski definition) is 0. The van der Waals surface area contributed by atoms with E-state index in [2.05, 4.69) is 11.9 Å². The van der Waals surface area contributed by atoms with Crippen LogP contribution >= 0.6 is 0 Å². The lowest BCUT2D eigenvalue weighted by atomic mass is 9.93. The lowest BCUT2D eigenvalue weighted by Gasteiger charge is -2.11. The zero-order valence-electron chi connectivity index (χ0n) is 8.84. The minimum atomic E-state index is 0.00796. The Bertz CT molecular complexity index is 479. The van der Waals surface area contributed by atoms with E-state index in [0.29, 0.717) is 5.56 Å². The van der Waals surface area contributed by atoms with Crippen molar-refractivity contribution < 1.29 is 4.79 Å². The molecule has 1 unspecified atom stereocenters. The van der Waals surface area contributed by atoms with Gasteiger partial charge in [-0.1, -0.05) is 24.3 Å². The second-order valence-corrected chi connectivity index (χ2v) is 3.63. The predicted molar refractivity (Wildman–Crippen MR) is 63.3 cm³/mol. The molecule has 0 amide bonds. The summed E-state index contributed by atoms with van der Waals surface area (Å²) in [5.41, 5.74) is 2.75. The second-order valence-electron chi connectivity index (χ2n) is 3.63. The van der Waals surface area contributed by atoms with Gasteiger partial charge >= 0.3 is 0 Å². The van der Waals surface area contributed by atoms with E-state index < -0.39 is 0 Å². The van der Waals surface area contributed by atoms with Crippen molar-refractivity contribution in [1.82, 2.24) is 4.98 Å². The Kier molecular flexibility index (Phi) is 3.10. The van der Waals surface area contributed by atoms with Crippen LogP contribution in [0.5, 0.6) is 0 Å². The van der Waals surface area contributed by atoms with Crippen molar-refractivity contribution in [1.29, 1.82) is 0 Å². The van der Waals surface area contributed by atoms with Crippen LogP contribution in [0, 0.1) is 6.92 Å². The Morgan fingerprint density at radius 1 is 1.19 bits per heavy atom. The fraction of sp³-hybridized carbons (Fsp3) is 0.0714. The van der Waals surface area contributed by atoms with E-state index in [1.165, 1.54) is 0 Å². The first-order chi connectivity index (χ1) is 7.81. The average molecular weight is 210 g/mol. The highest BCUT2D eigenvalue weighted by Crippen LogP contribution is 2.23. The molecule has 0 N–H and O–H groups in total. The first kappa shape index (κ1) is 10.6. The molecule has 79 valence electrons. The number of aromatic nitrogens is 1. The number of carbonyl (C=O) groups excluding carboxylic acids is 1. The molecule has 0 bridgehead atoms. The molecule has 2 heteroatoms. The van der Waals surface area contributed by atoms with E-state index in [0.717, 1.165) is 17.4 Å². The molecule has 1 atom stereocenters. The van der Waals surface area contributed by atoms with Crippen LogP contribution in [0.15, 0.2) is 48.8 Å². The molecular weight excluding hydrogens is 198 g/mol. The summed E-state index contributed by atoms with van der Waals surface area (Å²) in [5.74, 6) is 0.00796. The lowest BCUT2D eigenvalue weighted by molar-refractivity contribution is 0.112. The summed E-state index contributed by atoms with van der Waals surface area (Å²) in [6.45, 7) is 4.10. The van der Waals surface area contributed by atoms with Gasteiger partial charge in [-0.25, -0.2) is 0 Å². The maximum atomic E-state index is 10.7. The van der Waals surface area contributed by atoms with Gasteiger partial charge in [-0.3, -0.25) is 9.78 Å². The molecule has 1 radical (unpaired) electrons. The van der Waals surface area contributed by atoms with Crippen molar-refractivity contribution >= 4 is 6.29 Å². The molecule has 2 rings (SSSR count). The zero-order chi connectivity index (χ0) is 11.4. The molecule has 0 aliphatic rings. The highest BCUT2D eigenvalue weighted by atomic mass is 16.1.